The first-order chi connectivity index (χ1) is 53.6. The van der Waals surface area contributed by atoms with Crippen LogP contribution >= 0.6 is 22.7 Å². The van der Waals surface area contributed by atoms with E-state index in [1.165, 1.54) is 67.4 Å². The van der Waals surface area contributed by atoms with Gasteiger partial charge >= 0.3 is 0 Å². The number of aromatic nitrogens is 10. The number of thiophene rings is 2. The van der Waals surface area contributed by atoms with E-state index in [1.54, 1.807) is 0 Å². The number of para-hydroxylation sites is 2. The van der Waals surface area contributed by atoms with Crippen LogP contribution in [0.15, 0.2) is 312 Å². The minimum atomic E-state index is 0.465. The van der Waals surface area contributed by atoms with Gasteiger partial charge in [-0.05, 0) is 95.4 Å². The van der Waals surface area contributed by atoms with Gasteiger partial charge in [0, 0.05) is 124 Å². The normalized spacial score (nSPS) is 12.3. The molecule has 12 nitrogen and oxygen atoms in total. The zero-order chi connectivity index (χ0) is 70.4. The fraction of sp³-hybridized carbons (Fsp3) is 0. The van der Waals surface area contributed by atoms with Gasteiger partial charge in [0.1, 0.15) is 22.2 Å². The van der Waals surface area contributed by atoms with Gasteiger partial charge in [-0.25, -0.2) is 19.9 Å². The summed E-state index contributed by atoms with van der Waals surface area (Å²) < 4.78 is 23.2. The van der Waals surface area contributed by atoms with Crippen LogP contribution in [0.5, 0.6) is 0 Å². The van der Waals surface area contributed by atoms with E-state index in [-0.39, 0.29) is 0 Å². The number of fused-ring (bicyclic) bond motifs is 29. The number of pyridine rings is 2. The Labute approximate surface area is 620 Å². The van der Waals surface area contributed by atoms with E-state index in [2.05, 4.69) is 215 Å². The average molecular weight is 1420 g/mol. The summed E-state index contributed by atoms with van der Waals surface area (Å²) in [5.41, 5.74) is 16.2. The molecule has 0 fully saturated rings. The molecule has 0 unspecified atom stereocenters. The Morgan fingerprint density at radius 3 is 1.47 bits per heavy atom. The van der Waals surface area contributed by atoms with Crippen molar-refractivity contribution < 1.29 is 8.83 Å². The molecule has 0 bridgehead atoms. The molecule has 14 heteroatoms. The Kier molecular flexibility index (Phi) is 12.4. The zero-order valence-electron chi connectivity index (χ0n) is 57.0. The van der Waals surface area contributed by atoms with Gasteiger partial charge in [-0.3, -0.25) is 14.5 Å². The summed E-state index contributed by atoms with van der Waals surface area (Å²) in [7, 11) is 0. The molecule has 0 amide bonds. The Bertz CT molecular complexity index is 7940. The number of rotatable bonds is 8. The standard InChI is InChI=1S/C94H50N10O2S2/c1-4-20-52(21-5-1)89-97-90(53-22-6-2-7-23-53)100-93(99-89)59-42-45-68(58-27-11-10-26-57(58)59)103-66-31-15-13-29-61(66)80-86(103)65-44-47-73-75(76(65)78-62-30-14-17-35-72(62)108-88(78)80)63-41-40-56(50-74(63)107-73)51-36-38-55(39-37-51)92-98-91(54-24-8-3-9-25-54)101-94(102-92)104-67-32-16-12-28-60(67)79-85(104)64-43-46-69-81(83-70(105-69)33-18-48-95-83)77(64)82-84-71(106-87(79)82)34-19-49-96-84/h1-50H. The highest BCUT2D eigenvalue weighted by atomic mass is 32.1. The van der Waals surface area contributed by atoms with Crippen LogP contribution in [-0.4, -0.2) is 49.0 Å². The lowest BCUT2D eigenvalue weighted by Gasteiger charge is -2.16. The molecule has 500 valence electrons. The quantitative estimate of drug-likeness (QED) is 0.144. The van der Waals surface area contributed by atoms with Crippen molar-refractivity contribution in [3.8, 4) is 79.7 Å². The Balaban J connectivity index is 0.672. The fourth-order valence-electron chi connectivity index (χ4n) is 17.1. The van der Waals surface area contributed by atoms with Crippen LogP contribution in [0.2, 0.25) is 0 Å². The lowest BCUT2D eigenvalue weighted by molar-refractivity contribution is 0.668. The molecular formula is C94H50N10O2S2. The molecule has 24 rings (SSSR count). The van der Waals surface area contributed by atoms with E-state index >= 15 is 0 Å². The molecule has 0 saturated carbocycles. The molecule has 10 aromatic heterocycles. The number of furan rings is 2. The van der Waals surface area contributed by atoms with Crippen molar-refractivity contribution in [1.29, 1.82) is 0 Å². The molecule has 0 radical (unpaired) electrons. The number of hydrogen-bond acceptors (Lipinski definition) is 12. The van der Waals surface area contributed by atoms with Crippen LogP contribution in [0, 0.1) is 0 Å². The van der Waals surface area contributed by atoms with Gasteiger partial charge in [0.05, 0.1) is 43.9 Å². The second-order valence-corrected chi connectivity index (χ2v) is 29.7. The van der Waals surface area contributed by atoms with Gasteiger partial charge in [-0.1, -0.05) is 212 Å². The highest BCUT2D eigenvalue weighted by Gasteiger charge is 2.30. The summed E-state index contributed by atoms with van der Waals surface area (Å²) >= 11 is 3.74. The summed E-state index contributed by atoms with van der Waals surface area (Å²) in [6.07, 6.45) is 3.64. The predicted molar refractivity (Wildman–Crippen MR) is 443 cm³/mol. The molecule has 0 atom stereocenters. The summed E-state index contributed by atoms with van der Waals surface area (Å²) in [5, 5.41) is 17.7. The third kappa shape index (κ3) is 8.54. The van der Waals surface area contributed by atoms with Crippen LogP contribution in [-0.2, 0) is 0 Å². The minimum absolute atomic E-state index is 0.465. The van der Waals surface area contributed by atoms with Crippen molar-refractivity contribution in [1.82, 2.24) is 49.0 Å². The molecular weight excluding hydrogens is 1370 g/mol. The lowest BCUT2D eigenvalue weighted by atomic mass is 9.95. The van der Waals surface area contributed by atoms with Gasteiger partial charge in [-0.15, -0.1) is 22.7 Å². The third-order valence-corrected chi connectivity index (χ3v) is 24.0. The summed E-state index contributed by atoms with van der Waals surface area (Å²) in [6, 6.07) is 102. The third-order valence-electron chi connectivity index (χ3n) is 21.7. The molecule has 0 saturated heterocycles. The summed E-state index contributed by atoms with van der Waals surface area (Å²) in [4.78, 5) is 41.7. The maximum atomic E-state index is 6.99. The maximum absolute atomic E-state index is 6.99. The SMILES string of the molecule is c1ccc(-c2nc(-c3ccccc3)nc(-c3ccc(-n4c5ccccc5c5c6sc7ccccc7c6c6c(ccc7sc8cc(-c9ccc(-c%10nc(-c%11ccccc%11)nc(-n%11c%12ccccc%12c%12c%13oc%14cccnc%14c%13c%13c(ccc%14oc%15cccnc%15c%14%13)c%12%11)n%10)cc9)ccc8c76)c54)c4ccccc34)n2)cc1. The lowest BCUT2D eigenvalue weighted by Crippen LogP contribution is -2.06. The molecule has 0 aliphatic rings. The van der Waals surface area contributed by atoms with Crippen LogP contribution in [0.4, 0.5) is 0 Å². The van der Waals surface area contributed by atoms with Crippen molar-refractivity contribution in [2.75, 3.05) is 0 Å². The maximum Gasteiger partial charge on any atom is 0.238 e. The van der Waals surface area contributed by atoms with Crippen LogP contribution in [0.3, 0.4) is 0 Å². The first-order valence-corrected chi connectivity index (χ1v) is 37.5. The topological polar surface area (TPSA) is 139 Å². The van der Waals surface area contributed by atoms with E-state index in [4.69, 9.17) is 48.7 Å². The van der Waals surface area contributed by atoms with Crippen LogP contribution in [0.1, 0.15) is 0 Å². The first kappa shape index (κ1) is 59.2. The molecule has 0 N–H and O–H groups in total. The molecule has 108 heavy (non-hydrogen) atoms. The molecule has 0 aliphatic heterocycles. The van der Waals surface area contributed by atoms with Crippen LogP contribution in [0.25, 0.3) is 240 Å². The molecule has 0 spiro atoms. The Hall–Kier alpha value is -14.2. The minimum Gasteiger partial charge on any atom is -0.454 e. The van der Waals surface area contributed by atoms with Gasteiger partial charge < -0.3 is 13.4 Å². The van der Waals surface area contributed by atoms with Gasteiger partial charge in [0.2, 0.25) is 5.95 Å². The molecule has 24 aromatic rings. The van der Waals surface area contributed by atoms with E-state index in [0.717, 1.165) is 121 Å². The number of benzene rings is 14. The average Bonchev–Trinajstić information content (AvgIpc) is 1.52. The zero-order valence-corrected chi connectivity index (χ0v) is 58.6. The summed E-state index contributed by atoms with van der Waals surface area (Å²) in [5.74, 6) is 3.41. The van der Waals surface area contributed by atoms with E-state index in [9.17, 15) is 0 Å². The fourth-order valence-corrected chi connectivity index (χ4v) is 19.5. The van der Waals surface area contributed by atoms with E-state index < -0.39 is 0 Å². The van der Waals surface area contributed by atoms with Crippen molar-refractivity contribution >= 4 is 183 Å². The Morgan fingerprint density at radius 2 is 0.778 bits per heavy atom. The Morgan fingerprint density at radius 1 is 0.269 bits per heavy atom. The van der Waals surface area contributed by atoms with Crippen molar-refractivity contribution in [2.45, 2.75) is 0 Å². The predicted octanol–water partition coefficient (Wildman–Crippen LogP) is 25.0. The first-order valence-electron chi connectivity index (χ1n) is 35.9. The molecule has 14 aromatic carbocycles. The molecule has 10 heterocycles. The van der Waals surface area contributed by atoms with Crippen LogP contribution < -0.4 is 0 Å². The largest absolute Gasteiger partial charge is 0.454 e. The second kappa shape index (κ2) is 22.7. The van der Waals surface area contributed by atoms with Gasteiger partial charge in [0.25, 0.3) is 0 Å². The smallest absolute Gasteiger partial charge is 0.238 e. The monoisotopic (exact) mass is 1410 g/mol. The van der Waals surface area contributed by atoms with Crippen molar-refractivity contribution in [2.24, 2.45) is 0 Å². The molecule has 0 aliphatic carbocycles. The van der Waals surface area contributed by atoms with Crippen molar-refractivity contribution in [3.05, 3.63) is 304 Å². The number of nitrogens with zero attached hydrogens (tertiary/aromatic N) is 10. The summed E-state index contributed by atoms with van der Waals surface area (Å²) in [6.45, 7) is 0. The van der Waals surface area contributed by atoms with Crippen molar-refractivity contribution in [3.63, 3.8) is 0 Å². The second-order valence-electron chi connectivity index (χ2n) is 27.5. The highest BCUT2D eigenvalue weighted by molar-refractivity contribution is 7.27. The van der Waals surface area contributed by atoms with E-state index in [0.29, 0.717) is 51.8 Å². The number of hydrogen-bond donors (Lipinski definition) is 0. The highest BCUT2D eigenvalue weighted by Crippen LogP contribution is 2.54. The van der Waals surface area contributed by atoms with Gasteiger partial charge in [-0.2, -0.15) is 9.97 Å². The van der Waals surface area contributed by atoms with E-state index in [1.807, 2.05) is 120 Å². The van der Waals surface area contributed by atoms with Gasteiger partial charge in [0.15, 0.2) is 40.3 Å².